The Morgan fingerprint density at radius 2 is 0.842 bits per heavy atom. The summed E-state index contributed by atoms with van der Waals surface area (Å²) in [5.74, 6) is 0. The Hall–Kier alpha value is -7.76. The third-order valence-electron chi connectivity index (χ3n) is 11.6. The molecule has 57 heavy (non-hydrogen) atoms. The van der Waals surface area contributed by atoms with Crippen molar-refractivity contribution in [1.82, 2.24) is 9.97 Å². The molecule has 0 amide bonds. The molecule has 0 aliphatic rings. The summed E-state index contributed by atoms with van der Waals surface area (Å²) in [7, 11) is 0. The lowest BCUT2D eigenvalue weighted by Gasteiger charge is -2.13. The van der Waals surface area contributed by atoms with E-state index in [1.54, 1.807) is 0 Å². The highest BCUT2D eigenvalue weighted by molar-refractivity contribution is 6.26. The third kappa shape index (κ3) is 4.34. The standard InChI is InChI=1S/C52H28N2O3/c1-2-11-29(12-3-1)47-39-25-23-35-33-15-4-7-18-42(33)55-50(35)45(39)37-22-21-31(28-41(37)53-47)30-13-10-14-32(27-30)48-46-38-17-6-9-20-44(38)56-51(46)40-26-24-36-34-16-5-8-19-43(34)57-52(36)49(40)54-48/h1-28H. The molecule has 0 radical (unpaired) electrons. The lowest BCUT2D eigenvalue weighted by Crippen LogP contribution is -1.92. The summed E-state index contributed by atoms with van der Waals surface area (Å²) < 4.78 is 19.8. The molecule has 0 unspecified atom stereocenters. The Morgan fingerprint density at radius 3 is 1.61 bits per heavy atom. The highest BCUT2D eigenvalue weighted by Crippen LogP contribution is 2.45. The van der Waals surface area contributed by atoms with Gasteiger partial charge in [-0.25, -0.2) is 9.97 Å². The first-order valence-electron chi connectivity index (χ1n) is 19.1. The van der Waals surface area contributed by atoms with Crippen molar-refractivity contribution in [2.45, 2.75) is 0 Å². The summed E-state index contributed by atoms with van der Waals surface area (Å²) in [6.07, 6.45) is 0. The molecule has 0 aliphatic heterocycles. The zero-order chi connectivity index (χ0) is 37.2. The van der Waals surface area contributed by atoms with Crippen molar-refractivity contribution < 1.29 is 13.3 Å². The average Bonchev–Trinajstić information content (AvgIpc) is 3.98. The van der Waals surface area contributed by atoms with Gasteiger partial charge in [-0.05, 0) is 59.7 Å². The van der Waals surface area contributed by atoms with Gasteiger partial charge >= 0.3 is 0 Å². The second-order valence-corrected chi connectivity index (χ2v) is 14.8. The summed E-state index contributed by atoms with van der Waals surface area (Å²) in [4.78, 5) is 10.8. The largest absolute Gasteiger partial charge is 0.455 e. The molecule has 0 spiro atoms. The molecular formula is C52H28N2O3. The van der Waals surface area contributed by atoms with Crippen LogP contribution in [0.25, 0.3) is 132 Å². The molecule has 0 saturated carbocycles. The molecule has 0 atom stereocenters. The highest BCUT2D eigenvalue weighted by atomic mass is 16.3. The predicted molar refractivity (Wildman–Crippen MR) is 233 cm³/mol. The van der Waals surface area contributed by atoms with Crippen LogP contribution in [0.3, 0.4) is 0 Å². The molecule has 0 bridgehead atoms. The zero-order valence-corrected chi connectivity index (χ0v) is 30.3. The van der Waals surface area contributed by atoms with Crippen LogP contribution in [0.5, 0.6) is 0 Å². The van der Waals surface area contributed by atoms with E-state index in [0.29, 0.717) is 0 Å². The SMILES string of the molecule is c1ccc(-c2nc3cc(-c4cccc(-c5nc6c(ccc7c8ccccc8oc76)c6oc7ccccc7c56)c4)ccc3c3c2ccc2c4ccccc4oc23)cc1. The van der Waals surface area contributed by atoms with E-state index in [1.165, 1.54) is 0 Å². The van der Waals surface area contributed by atoms with Gasteiger partial charge in [0.25, 0.3) is 0 Å². The van der Waals surface area contributed by atoms with Crippen LogP contribution in [0.2, 0.25) is 0 Å². The van der Waals surface area contributed by atoms with Gasteiger partial charge in [-0.3, -0.25) is 0 Å². The molecule has 5 heteroatoms. The number of para-hydroxylation sites is 3. The highest BCUT2D eigenvalue weighted by Gasteiger charge is 2.22. The van der Waals surface area contributed by atoms with Gasteiger partial charge in [0.15, 0.2) is 5.58 Å². The van der Waals surface area contributed by atoms with Gasteiger partial charge in [0, 0.05) is 59.6 Å². The summed E-state index contributed by atoms with van der Waals surface area (Å²) in [5.41, 5.74) is 12.6. The van der Waals surface area contributed by atoms with Crippen LogP contribution < -0.4 is 0 Å². The molecule has 0 N–H and O–H groups in total. The van der Waals surface area contributed by atoms with E-state index in [-0.39, 0.29) is 0 Å². The van der Waals surface area contributed by atoms with Gasteiger partial charge in [-0.2, -0.15) is 0 Å². The molecule has 8 aromatic carbocycles. The Morgan fingerprint density at radius 1 is 0.298 bits per heavy atom. The van der Waals surface area contributed by atoms with Crippen LogP contribution in [0, 0.1) is 0 Å². The molecule has 0 fully saturated rings. The topological polar surface area (TPSA) is 65.2 Å². The maximum Gasteiger partial charge on any atom is 0.161 e. The van der Waals surface area contributed by atoms with Gasteiger partial charge in [-0.1, -0.05) is 121 Å². The lowest BCUT2D eigenvalue weighted by molar-refractivity contribution is 0.668. The van der Waals surface area contributed by atoms with Crippen LogP contribution in [-0.2, 0) is 0 Å². The fourth-order valence-corrected chi connectivity index (χ4v) is 9.03. The minimum Gasteiger partial charge on any atom is -0.455 e. The second-order valence-electron chi connectivity index (χ2n) is 14.8. The van der Waals surface area contributed by atoms with Crippen LogP contribution in [0.15, 0.2) is 183 Å². The number of pyridine rings is 2. The van der Waals surface area contributed by atoms with Crippen LogP contribution in [0.1, 0.15) is 0 Å². The average molecular weight is 729 g/mol. The van der Waals surface area contributed by atoms with Gasteiger partial charge in [-0.15, -0.1) is 0 Å². The van der Waals surface area contributed by atoms with E-state index >= 15 is 0 Å². The normalized spacial score (nSPS) is 12.2. The number of aromatic nitrogens is 2. The van der Waals surface area contributed by atoms with E-state index in [9.17, 15) is 0 Å². The molecule has 5 heterocycles. The van der Waals surface area contributed by atoms with Crippen molar-refractivity contribution in [2.75, 3.05) is 0 Å². The van der Waals surface area contributed by atoms with Gasteiger partial charge in [0.2, 0.25) is 0 Å². The maximum absolute atomic E-state index is 6.65. The number of rotatable bonds is 3. The Bertz CT molecular complexity index is 3820. The number of fused-ring (bicyclic) bond motifs is 16. The summed E-state index contributed by atoms with van der Waals surface area (Å²) in [6, 6.07) is 58.9. The monoisotopic (exact) mass is 728 g/mol. The molecule has 13 aromatic rings. The van der Waals surface area contributed by atoms with Gasteiger partial charge in [0.05, 0.1) is 22.3 Å². The van der Waals surface area contributed by atoms with Crippen molar-refractivity contribution in [2.24, 2.45) is 0 Å². The van der Waals surface area contributed by atoms with Crippen molar-refractivity contribution in [1.29, 1.82) is 0 Å². The van der Waals surface area contributed by atoms with Crippen molar-refractivity contribution in [3.05, 3.63) is 170 Å². The number of nitrogens with zero attached hydrogens (tertiary/aromatic N) is 2. The first-order valence-corrected chi connectivity index (χ1v) is 19.1. The van der Waals surface area contributed by atoms with Crippen LogP contribution in [0.4, 0.5) is 0 Å². The number of hydrogen-bond donors (Lipinski definition) is 0. The smallest absolute Gasteiger partial charge is 0.161 e. The molecule has 0 aliphatic carbocycles. The Labute approximate surface area is 324 Å². The second kappa shape index (κ2) is 11.4. The fraction of sp³-hybridized carbons (Fsp3) is 0. The Balaban J connectivity index is 1.06. The Kier molecular flexibility index (Phi) is 6.10. The molecular weight excluding hydrogens is 701 g/mol. The van der Waals surface area contributed by atoms with E-state index in [0.717, 1.165) is 132 Å². The minimum absolute atomic E-state index is 0.758. The number of benzene rings is 8. The van der Waals surface area contributed by atoms with Gasteiger partial charge in [0.1, 0.15) is 33.4 Å². The van der Waals surface area contributed by atoms with Crippen LogP contribution in [-0.4, -0.2) is 9.97 Å². The molecule has 5 nitrogen and oxygen atoms in total. The molecule has 264 valence electrons. The van der Waals surface area contributed by atoms with Crippen molar-refractivity contribution in [3.8, 4) is 33.6 Å². The third-order valence-corrected chi connectivity index (χ3v) is 11.6. The van der Waals surface area contributed by atoms with Crippen molar-refractivity contribution >= 4 is 98.4 Å². The molecule has 0 saturated heterocycles. The van der Waals surface area contributed by atoms with E-state index in [1.807, 2.05) is 48.5 Å². The van der Waals surface area contributed by atoms with E-state index in [2.05, 4.69) is 121 Å². The fourth-order valence-electron chi connectivity index (χ4n) is 9.03. The maximum atomic E-state index is 6.65. The first-order chi connectivity index (χ1) is 28.2. The summed E-state index contributed by atoms with van der Waals surface area (Å²) in [6.45, 7) is 0. The first kappa shape index (κ1) is 30.6. The quantitative estimate of drug-likeness (QED) is 0.169. The van der Waals surface area contributed by atoms with E-state index in [4.69, 9.17) is 23.2 Å². The van der Waals surface area contributed by atoms with Gasteiger partial charge < -0.3 is 13.3 Å². The lowest BCUT2D eigenvalue weighted by atomic mass is 9.95. The summed E-state index contributed by atoms with van der Waals surface area (Å²) in [5, 5.41) is 10.4. The molecule has 5 aromatic heterocycles. The zero-order valence-electron chi connectivity index (χ0n) is 30.3. The summed E-state index contributed by atoms with van der Waals surface area (Å²) >= 11 is 0. The van der Waals surface area contributed by atoms with Crippen molar-refractivity contribution in [3.63, 3.8) is 0 Å². The van der Waals surface area contributed by atoms with E-state index < -0.39 is 0 Å². The number of hydrogen-bond acceptors (Lipinski definition) is 5. The number of furan rings is 3. The van der Waals surface area contributed by atoms with Crippen LogP contribution >= 0.6 is 0 Å². The molecule has 13 rings (SSSR count). The minimum atomic E-state index is 0.758. The predicted octanol–water partition coefficient (Wildman–Crippen LogP) is 14.6.